The van der Waals surface area contributed by atoms with Crippen LogP contribution in [-0.4, -0.2) is 48.2 Å². The summed E-state index contributed by atoms with van der Waals surface area (Å²) in [6.45, 7) is 9.57. The second kappa shape index (κ2) is 10.5. The lowest BCUT2D eigenvalue weighted by Gasteiger charge is -2.40. The number of ether oxygens (including phenoxy) is 3. The molecule has 2 aliphatic heterocycles. The highest BCUT2D eigenvalue weighted by atomic mass is 16.5. The average molecular weight is 554 g/mol. The number of fused-ring (bicyclic) bond motifs is 5. The van der Waals surface area contributed by atoms with Gasteiger partial charge in [0.05, 0.1) is 31.2 Å². The van der Waals surface area contributed by atoms with Gasteiger partial charge in [-0.25, -0.2) is 9.69 Å². The predicted molar refractivity (Wildman–Crippen MR) is 158 cm³/mol. The van der Waals surface area contributed by atoms with E-state index in [-0.39, 0.29) is 17.9 Å². The molecular formula is C33H35N3O5. The van der Waals surface area contributed by atoms with E-state index in [9.17, 15) is 9.59 Å². The molecule has 2 aliphatic rings. The Labute approximate surface area is 239 Å². The molecule has 8 heteroatoms. The van der Waals surface area contributed by atoms with Gasteiger partial charge in [-0.1, -0.05) is 43.3 Å². The molecule has 212 valence electrons. The number of amides is 3. The summed E-state index contributed by atoms with van der Waals surface area (Å²) in [4.78, 5) is 35.0. The zero-order valence-electron chi connectivity index (χ0n) is 23.9. The number of anilines is 1. The van der Waals surface area contributed by atoms with Gasteiger partial charge in [0.15, 0.2) is 17.0 Å². The van der Waals surface area contributed by atoms with E-state index in [2.05, 4.69) is 18.0 Å². The van der Waals surface area contributed by atoms with Crippen molar-refractivity contribution in [3.63, 3.8) is 0 Å². The maximum Gasteiger partial charge on any atom is 0.332 e. The summed E-state index contributed by atoms with van der Waals surface area (Å²) >= 11 is 0. The van der Waals surface area contributed by atoms with Gasteiger partial charge < -0.3 is 24.1 Å². The van der Waals surface area contributed by atoms with Gasteiger partial charge in [-0.3, -0.25) is 4.79 Å². The third kappa shape index (κ3) is 4.12. The molecule has 3 aromatic carbocycles. The predicted octanol–water partition coefficient (Wildman–Crippen LogP) is 6.58. The summed E-state index contributed by atoms with van der Waals surface area (Å²) in [7, 11) is 0. The van der Waals surface area contributed by atoms with Gasteiger partial charge in [-0.05, 0) is 68.7 Å². The van der Waals surface area contributed by atoms with Crippen molar-refractivity contribution in [2.45, 2.75) is 45.6 Å². The second-order valence-corrected chi connectivity index (χ2v) is 10.5. The maximum absolute atomic E-state index is 14.3. The van der Waals surface area contributed by atoms with Gasteiger partial charge in [-0.2, -0.15) is 0 Å². The Bertz CT molecular complexity index is 1630. The minimum atomic E-state index is -1.21. The number of benzene rings is 3. The van der Waals surface area contributed by atoms with Crippen LogP contribution in [0.5, 0.6) is 17.2 Å². The Kier molecular flexibility index (Phi) is 6.85. The van der Waals surface area contributed by atoms with Gasteiger partial charge in [0.25, 0.3) is 5.91 Å². The number of nitrogens with one attached hydrogen (secondary N) is 1. The van der Waals surface area contributed by atoms with Crippen LogP contribution in [0.3, 0.4) is 0 Å². The molecule has 41 heavy (non-hydrogen) atoms. The largest absolute Gasteiger partial charge is 0.492 e. The van der Waals surface area contributed by atoms with Crippen LogP contribution >= 0.6 is 0 Å². The van der Waals surface area contributed by atoms with Gasteiger partial charge >= 0.3 is 6.03 Å². The van der Waals surface area contributed by atoms with Gasteiger partial charge in [0.2, 0.25) is 0 Å². The van der Waals surface area contributed by atoms with Crippen molar-refractivity contribution >= 4 is 28.5 Å². The second-order valence-electron chi connectivity index (χ2n) is 10.5. The van der Waals surface area contributed by atoms with Gasteiger partial charge in [0, 0.05) is 23.4 Å². The lowest BCUT2D eigenvalue weighted by Crippen LogP contribution is -2.50. The first kappa shape index (κ1) is 26.7. The number of carbonyl (C=O) groups is 2. The molecule has 1 aromatic heterocycles. The van der Waals surface area contributed by atoms with Crippen molar-refractivity contribution in [1.29, 1.82) is 0 Å². The van der Waals surface area contributed by atoms with E-state index < -0.39 is 5.54 Å². The van der Waals surface area contributed by atoms with Gasteiger partial charge in [0.1, 0.15) is 5.75 Å². The minimum Gasteiger partial charge on any atom is -0.492 e. The van der Waals surface area contributed by atoms with Crippen LogP contribution in [0, 0.1) is 0 Å². The minimum absolute atomic E-state index is 0.201. The molecule has 6 rings (SSSR count). The monoisotopic (exact) mass is 553 g/mol. The number of imide groups is 1. The number of urea groups is 1. The molecule has 4 aromatic rings. The van der Waals surface area contributed by atoms with Crippen LogP contribution < -0.4 is 19.1 Å². The molecule has 2 atom stereocenters. The van der Waals surface area contributed by atoms with Crippen LogP contribution in [0.2, 0.25) is 0 Å². The first-order chi connectivity index (χ1) is 19.9. The number of H-pyrrole nitrogens is 1. The highest BCUT2D eigenvalue weighted by molar-refractivity contribution is 6.24. The van der Waals surface area contributed by atoms with Crippen LogP contribution in [-0.2, 0) is 10.3 Å². The van der Waals surface area contributed by atoms with Crippen LogP contribution in [0.25, 0.3) is 10.9 Å². The molecule has 0 bridgehead atoms. The highest BCUT2D eigenvalue weighted by Crippen LogP contribution is 2.51. The molecule has 1 N–H and O–H groups in total. The quantitative estimate of drug-likeness (QED) is 0.237. The third-order valence-electron chi connectivity index (χ3n) is 8.07. The lowest BCUT2D eigenvalue weighted by atomic mass is 9.78. The number of rotatable bonds is 9. The number of aromatic nitrogens is 1. The van der Waals surface area contributed by atoms with Crippen LogP contribution in [0.15, 0.2) is 66.7 Å². The Morgan fingerprint density at radius 3 is 2.39 bits per heavy atom. The van der Waals surface area contributed by atoms with Crippen molar-refractivity contribution in [1.82, 2.24) is 9.88 Å². The van der Waals surface area contributed by atoms with E-state index in [1.807, 2.05) is 69.3 Å². The smallest absolute Gasteiger partial charge is 0.332 e. The first-order valence-electron chi connectivity index (χ1n) is 14.3. The fourth-order valence-corrected chi connectivity index (χ4v) is 6.16. The molecule has 3 amide bonds. The topological polar surface area (TPSA) is 84.1 Å². The molecule has 0 aliphatic carbocycles. The number of para-hydroxylation sites is 3. The zero-order valence-corrected chi connectivity index (χ0v) is 23.9. The number of carbonyl (C=O) groups excluding carboxylic acids is 2. The fraction of sp³-hybridized carbons (Fsp3) is 0.333. The molecule has 8 nitrogen and oxygen atoms in total. The van der Waals surface area contributed by atoms with Crippen LogP contribution in [0.1, 0.15) is 56.9 Å². The zero-order chi connectivity index (χ0) is 28.7. The number of nitrogens with zero attached hydrogens (tertiary/aromatic N) is 2. The van der Waals surface area contributed by atoms with Crippen molar-refractivity contribution < 1.29 is 23.8 Å². The number of hydrogen-bond acceptors (Lipinski definition) is 5. The summed E-state index contributed by atoms with van der Waals surface area (Å²) in [5.74, 6) is 1.36. The summed E-state index contributed by atoms with van der Waals surface area (Å²) in [6.07, 6.45) is 0.890. The summed E-state index contributed by atoms with van der Waals surface area (Å²) < 4.78 is 17.8. The standard InChI is InChI=1S/C33H35N3O5/c1-5-18-41-27-17-16-21(19-28(27)40-7-3)23-20-35-32(38)36(25-14-10-11-15-26(25)39-6-2)31(37)33(35,4)30-29(23)22-12-8-9-13-24(22)34-30/h8-17,19,23,34H,5-7,18,20H2,1-4H3/t23?,33-/m0/s1. The van der Waals surface area contributed by atoms with E-state index in [1.54, 1.807) is 17.0 Å². The van der Waals surface area contributed by atoms with Crippen molar-refractivity contribution in [3.05, 3.63) is 83.6 Å². The van der Waals surface area contributed by atoms with E-state index in [0.29, 0.717) is 49.3 Å². The van der Waals surface area contributed by atoms with E-state index in [4.69, 9.17) is 14.2 Å². The molecule has 3 heterocycles. The van der Waals surface area contributed by atoms with E-state index >= 15 is 0 Å². The molecule has 1 unspecified atom stereocenters. The van der Waals surface area contributed by atoms with E-state index in [1.165, 1.54) is 4.90 Å². The summed E-state index contributed by atoms with van der Waals surface area (Å²) in [5.41, 5.74) is 2.89. The van der Waals surface area contributed by atoms with Crippen molar-refractivity contribution in [2.75, 3.05) is 31.3 Å². The fourth-order valence-electron chi connectivity index (χ4n) is 6.16. The summed E-state index contributed by atoms with van der Waals surface area (Å²) in [6, 6.07) is 20.9. The van der Waals surface area contributed by atoms with Crippen LogP contribution in [0.4, 0.5) is 10.5 Å². The Morgan fingerprint density at radius 1 is 0.878 bits per heavy atom. The molecule has 0 spiro atoms. The van der Waals surface area contributed by atoms with Gasteiger partial charge in [-0.15, -0.1) is 0 Å². The average Bonchev–Trinajstić information content (AvgIpc) is 3.46. The maximum atomic E-state index is 14.3. The Morgan fingerprint density at radius 2 is 1.61 bits per heavy atom. The molecular weight excluding hydrogens is 518 g/mol. The van der Waals surface area contributed by atoms with Crippen molar-refractivity contribution in [3.8, 4) is 17.2 Å². The number of aromatic amines is 1. The normalized spacial score (nSPS) is 19.9. The number of hydrogen-bond donors (Lipinski definition) is 1. The summed E-state index contributed by atoms with van der Waals surface area (Å²) in [5, 5.41) is 1.03. The first-order valence-corrected chi connectivity index (χ1v) is 14.3. The Balaban J connectivity index is 1.52. The SMILES string of the molecule is CCCOc1ccc(C2CN3C(=O)N(c4ccccc4OCC)C(=O)[C@]3(C)c3[nH]c4ccccc4c32)cc1OCC. The molecule has 1 fully saturated rings. The Hall–Kier alpha value is -4.46. The molecule has 1 saturated heterocycles. The molecule has 0 saturated carbocycles. The lowest BCUT2D eigenvalue weighted by molar-refractivity contribution is -0.125. The molecule has 0 radical (unpaired) electrons. The van der Waals surface area contributed by atoms with E-state index in [0.717, 1.165) is 34.1 Å². The van der Waals surface area contributed by atoms with Crippen molar-refractivity contribution in [2.24, 2.45) is 0 Å². The third-order valence-corrected chi connectivity index (χ3v) is 8.07. The highest BCUT2D eigenvalue weighted by Gasteiger charge is 2.61.